The molecule has 1 aromatic carbocycles. The van der Waals surface area contributed by atoms with Gasteiger partial charge < -0.3 is 14.8 Å². The van der Waals surface area contributed by atoms with Gasteiger partial charge in [0, 0.05) is 33.1 Å². The van der Waals surface area contributed by atoms with Gasteiger partial charge in [0.25, 0.3) is 0 Å². The predicted octanol–water partition coefficient (Wildman–Crippen LogP) is 1.14. The van der Waals surface area contributed by atoms with Crippen LogP contribution in [0.5, 0.6) is 0 Å². The molecule has 8 nitrogen and oxygen atoms in total. The van der Waals surface area contributed by atoms with E-state index in [4.69, 9.17) is 0 Å². The lowest BCUT2D eigenvalue weighted by Gasteiger charge is -2.14. The highest BCUT2D eigenvalue weighted by molar-refractivity contribution is 6.01. The van der Waals surface area contributed by atoms with Crippen LogP contribution in [0, 0.1) is 6.92 Å². The number of likely N-dealkylation sites (N-methyl/N-ethyl adjacent to an activating group) is 1. The number of hydrogen-bond acceptors (Lipinski definition) is 4. The van der Waals surface area contributed by atoms with E-state index >= 15 is 0 Å². The van der Waals surface area contributed by atoms with Gasteiger partial charge in [-0.3, -0.25) is 14.5 Å². The smallest absolute Gasteiger partial charge is 0.326 e. The average Bonchev–Trinajstić information content (AvgIpc) is 3.05. The number of hydrogen-bond donors (Lipinski definition) is 1. The van der Waals surface area contributed by atoms with E-state index in [0.717, 1.165) is 16.9 Å². The standard InChI is InChI=1S/C18H23N5O3/c1-13-20-14-6-3-4-7-15(14)22(13)11-9-19-16(24)8-5-10-23-17(25)12-21(2)18(23)26/h3-4,6-7H,5,8-12H2,1-2H3,(H,19,24). The molecule has 4 amide bonds. The van der Waals surface area contributed by atoms with Crippen molar-refractivity contribution < 1.29 is 14.4 Å². The van der Waals surface area contributed by atoms with Gasteiger partial charge >= 0.3 is 6.03 Å². The summed E-state index contributed by atoms with van der Waals surface area (Å²) in [6, 6.07) is 7.61. The van der Waals surface area contributed by atoms with Gasteiger partial charge in [-0.1, -0.05) is 12.1 Å². The number of urea groups is 1. The number of amides is 4. The van der Waals surface area contributed by atoms with Gasteiger partial charge in [0.15, 0.2) is 0 Å². The first-order chi connectivity index (χ1) is 12.5. The summed E-state index contributed by atoms with van der Waals surface area (Å²) in [4.78, 5) is 42.5. The normalized spacial score (nSPS) is 14.5. The second kappa shape index (κ2) is 7.55. The third-order valence-electron chi connectivity index (χ3n) is 4.52. The molecule has 0 aliphatic carbocycles. The first-order valence-electron chi connectivity index (χ1n) is 8.71. The van der Waals surface area contributed by atoms with E-state index in [2.05, 4.69) is 14.9 Å². The van der Waals surface area contributed by atoms with Crippen LogP contribution in [0.15, 0.2) is 24.3 Å². The Balaban J connectivity index is 1.42. The highest BCUT2D eigenvalue weighted by Crippen LogP contribution is 2.14. The molecule has 26 heavy (non-hydrogen) atoms. The SMILES string of the molecule is Cc1nc2ccccc2n1CCNC(=O)CCCN1C(=O)CN(C)C1=O. The van der Waals surface area contributed by atoms with Crippen molar-refractivity contribution in [2.24, 2.45) is 0 Å². The van der Waals surface area contributed by atoms with Crippen molar-refractivity contribution in [3.05, 3.63) is 30.1 Å². The van der Waals surface area contributed by atoms with Crippen molar-refractivity contribution in [1.82, 2.24) is 24.7 Å². The number of benzene rings is 1. The number of nitrogens with zero attached hydrogens (tertiary/aromatic N) is 4. The molecule has 0 bridgehead atoms. The number of imidazole rings is 1. The van der Waals surface area contributed by atoms with E-state index in [1.165, 1.54) is 9.80 Å². The van der Waals surface area contributed by atoms with Gasteiger partial charge in [-0.2, -0.15) is 0 Å². The fraction of sp³-hybridized carbons (Fsp3) is 0.444. The summed E-state index contributed by atoms with van der Waals surface area (Å²) in [5.41, 5.74) is 2.00. The fourth-order valence-corrected chi connectivity index (χ4v) is 3.16. The molecule has 2 heterocycles. The molecule has 1 aliphatic rings. The van der Waals surface area contributed by atoms with Crippen LogP contribution in [0.4, 0.5) is 4.79 Å². The molecule has 0 unspecified atom stereocenters. The number of fused-ring (bicyclic) bond motifs is 1. The maximum absolute atomic E-state index is 12.0. The van der Waals surface area contributed by atoms with Crippen molar-refractivity contribution in [2.45, 2.75) is 26.3 Å². The van der Waals surface area contributed by atoms with E-state index in [0.29, 0.717) is 19.5 Å². The lowest BCUT2D eigenvalue weighted by atomic mass is 10.2. The zero-order valence-corrected chi connectivity index (χ0v) is 15.1. The van der Waals surface area contributed by atoms with Crippen LogP contribution in [0.1, 0.15) is 18.7 Å². The van der Waals surface area contributed by atoms with Crippen LogP contribution >= 0.6 is 0 Å². The Morgan fingerprint density at radius 2 is 2.00 bits per heavy atom. The number of rotatable bonds is 7. The minimum absolute atomic E-state index is 0.0838. The maximum Gasteiger partial charge on any atom is 0.326 e. The molecule has 138 valence electrons. The van der Waals surface area contributed by atoms with Crippen molar-refractivity contribution in [3.8, 4) is 0 Å². The van der Waals surface area contributed by atoms with E-state index in [1.54, 1.807) is 7.05 Å². The van der Waals surface area contributed by atoms with Crippen LogP contribution in [-0.4, -0.2) is 63.9 Å². The molecule has 1 aliphatic heterocycles. The Labute approximate surface area is 151 Å². The van der Waals surface area contributed by atoms with E-state index in [9.17, 15) is 14.4 Å². The molecule has 1 fully saturated rings. The largest absolute Gasteiger partial charge is 0.354 e. The molecule has 1 N–H and O–H groups in total. The summed E-state index contributed by atoms with van der Waals surface area (Å²) in [5, 5.41) is 2.88. The van der Waals surface area contributed by atoms with Gasteiger partial charge in [-0.15, -0.1) is 0 Å². The number of imide groups is 1. The fourth-order valence-electron chi connectivity index (χ4n) is 3.16. The maximum atomic E-state index is 12.0. The summed E-state index contributed by atoms with van der Waals surface area (Å²) in [5.74, 6) is 0.621. The lowest BCUT2D eigenvalue weighted by Crippen LogP contribution is -2.33. The number of aromatic nitrogens is 2. The van der Waals surface area contributed by atoms with Gasteiger partial charge in [-0.25, -0.2) is 9.78 Å². The zero-order valence-electron chi connectivity index (χ0n) is 15.1. The first kappa shape index (κ1) is 17.9. The van der Waals surface area contributed by atoms with Crippen LogP contribution in [0.2, 0.25) is 0 Å². The molecular formula is C18H23N5O3. The molecule has 0 atom stereocenters. The van der Waals surface area contributed by atoms with Gasteiger partial charge in [0.1, 0.15) is 12.4 Å². The predicted molar refractivity (Wildman–Crippen MR) is 96.5 cm³/mol. The molecule has 3 rings (SSSR count). The number of carbonyl (C=O) groups excluding carboxylic acids is 3. The quantitative estimate of drug-likeness (QED) is 0.753. The van der Waals surface area contributed by atoms with Crippen LogP contribution in [-0.2, 0) is 16.1 Å². The molecule has 1 aromatic heterocycles. The van der Waals surface area contributed by atoms with Gasteiger partial charge in [0.05, 0.1) is 11.0 Å². The van der Waals surface area contributed by atoms with E-state index in [-0.39, 0.29) is 37.4 Å². The van der Waals surface area contributed by atoms with Crippen molar-refractivity contribution in [1.29, 1.82) is 0 Å². The molecular weight excluding hydrogens is 334 g/mol. The summed E-state index contributed by atoms with van der Waals surface area (Å²) < 4.78 is 2.08. The number of para-hydroxylation sites is 2. The Hall–Kier alpha value is -2.90. The Morgan fingerprint density at radius 1 is 1.23 bits per heavy atom. The van der Waals surface area contributed by atoms with E-state index in [1.807, 2.05) is 31.2 Å². The summed E-state index contributed by atoms with van der Waals surface area (Å²) in [6.07, 6.45) is 0.745. The molecule has 0 saturated carbocycles. The van der Waals surface area contributed by atoms with Gasteiger partial charge in [0.2, 0.25) is 11.8 Å². The average molecular weight is 357 g/mol. The molecule has 0 radical (unpaired) electrons. The topological polar surface area (TPSA) is 87.5 Å². The van der Waals surface area contributed by atoms with Crippen molar-refractivity contribution in [3.63, 3.8) is 0 Å². The summed E-state index contributed by atoms with van der Waals surface area (Å²) in [7, 11) is 1.59. The summed E-state index contributed by atoms with van der Waals surface area (Å²) in [6.45, 7) is 3.49. The Morgan fingerprint density at radius 3 is 2.73 bits per heavy atom. The van der Waals surface area contributed by atoms with Crippen LogP contribution in [0.25, 0.3) is 11.0 Å². The van der Waals surface area contributed by atoms with Crippen molar-refractivity contribution >= 4 is 28.9 Å². The zero-order chi connectivity index (χ0) is 18.7. The van der Waals surface area contributed by atoms with Crippen molar-refractivity contribution in [2.75, 3.05) is 26.7 Å². The Kier molecular flexibility index (Phi) is 5.20. The third kappa shape index (κ3) is 3.68. The second-order valence-electron chi connectivity index (χ2n) is 6.44. The number of carbonyl (C=O) groups is 3. The number of nitrogens with one attached hydrogen (secondary N) is 1. The molecule has 8 heteroatoms. The highest BCUT2D eigenvalue weighted by atomic mass is 16.2. The third-order valence-corrected chi connectivity index (χ3v) is 4.52. The first-order valence-corrected chi connectivity index (χ1v) is 8.71. The second-order valence-corrected chi connectivity index (χ2v) is 6.44. The monoisotopic (exact) mass is 357 g/mol. The lowest BCUT2D eigenvalue weighted by molar-refractivity contribution is -0.126. The molecule has 0 spiro atoms. The van der Waals surface area contributed by atoms with E-state index < -0.39 is 0 Å². The van der Waals surface area contributed by atoms with Crippen LogP contribution < -0.4 is 5.32 Å². The number of aryl methyl sites for hydroxylation is 1. The summed E-state index contributed by atoms with van der Waals surface area (Å²) >= 11 is 0. The molecule has 1 saturated heterocycles. The minimum atomic E-state index is -0.294. The van der Waals surface area contributed by atoms with Gasteiger partial charge in [-0.05, 0) is 25.5 Å². The minimum Gasteiger partial charge on any atom is -0.354 e. The Bertz CT molecular complexity index is 844. The molecule has 2 aromatic rings. The highest BCUT2D eigenvalue weighted by Gasteiger charge is 2.32. The van der Waals surface area contributed by atoms with Crippen LogP contribution in [0.3, 0.4) is 0 Å².